The molecule has 0 aliphatic rings. The summed E-state index contributed by atoms with van der Waals surface area (Å²) >= 11 is 0. The minimum absolute atomic E-state index is 0.00454. The molecule has 0 saturated heterocycles. The summed E-state index contributed by atoms with van der Waals surface area (Å²) in [4.78, 5) is 12.1. The molecule has 3 heterocycles. The van der Waals surface area contributed by atoms with Gasteiger partial charge in [-0.05, 0) is 26.0 Å². The number of aryl methyl sites for hydroxylation is 2. The van der Waals surface area contributed by atoms with Crippen LogP contribution in [0.2, 0.25) is 0 Å². The van der Waals surface area contributed by atoms with Crippen LogP contribution >= 0.6 is 0 Å². The Balaban J connectivity index is 1.80. The number of nitrogens with one attached hydrogen (secondary N) is 1. The second-order valence-electron chi connectivity index (χ2n) is 5.14. The maximum Gasteiger partial charge on any atom is 0.416 e. The number of carbonyl (C=O) groups is 1. The summed E-state index contributed by atoms with van der Waals surface area (Å²) in [6.07, 6.45) is -3.24. The number of pyridine rings is 1. The van der Waals surface area contributed by atoms with Gasteiger partial charge in [0.1, 0.15) is 11.3 Å². The lowest BCUT2D eigenvalue weighted by molar-refractivity contribution is -0.137. The highest BCUT2D eigenvalue weighted by Crippen LogP contribution is 2.29. The first-order valence-electron chi connectivity index (χ1n) is 6.89. The van der Waals surface area contributed by atoms with Crippen molar-refractivity contribution in [2.45, 2.75) is 26.6 Å². The van der Waals surface area contributed by atoms with Crippen molar-refractivity contribution < 1.29 is 22.5 Å². The average molecular weight is 339 g/mol. The smallest absolute Gasteiger partial charge is 0.361 e. The molecule has 0 radical (unpaired) electrons. The Kier molecular flexibility index (Phi) is 3.74. The van der Waals surface area contributed by atoms with E-state index in [2.05, 4.69) is 20.7 Å². The number of carbonyl (C=O) groups excluding carboxylic acids is 1. The normalized spacial score (nSPS) is 11.9. The van der Waals surface area contributed by atoms with Crippen molar-refractivity contribution in [3.8, 4) is 0 Å². The number of nitrogens with zero attached hydrogens (tertiary/aromatic N) is 4. The second-order valence-corrected chi connectivity index (χ2v) is 5.14. The van der Waals surface area contributed by atoms with Gasteiger partial charge in [-0.15, -0.1) is 10.2 Å². The van der Waals surface area contributed by atoms with Crippen molar-refractivity contribution in [1.29, 1.82) is 0 Å². The van der Waals surface area contributed by atoms with Gasteiger partial charge in [0, 0.05) is 6.20 Å². The largest absolute Gasteiger partial charge is 0.416 e. The van der Waals surface area contributed by atoms with Crippen molar-refractivity contribution in [1.82, 2.24) is 25.1 Å². The van der Waals surface area contributed by atoms with E-state index >= 15 is 0 Å². The number of hydrogen-bond acceptors (Lipinski definition) is 5. The number of hydrogen-bond donors (Lipinski definition) is 1. The van der Waals surface area contributed by atoms with Crippen molar-refractivity contribution in [3.05, 3.63) is 46.7 Å². The molecule has 24 heavy (non-hydrogen) atoms. The first-order chi connectivity index (χ1) is 11.3. The fraction of sp³-hybridized carbons (Fsp3) is 0.286. The molecule has 3 rings (SSSR count). The Morgan fingerprint density at radius 2 is 2.08 bits per heavy atom. The van der Waals surface area contributed by atoms with E-state index in [4.69, 9.17) is 4.52 Å². The number of amides is 1. The van der Waals surface area contributed by atoms with Crippen molar-refractivity contribution in [3.63, 3.8) is 0 Å². The van der Waals surface area contributed by atoms with Crippen molar-refractivity contribution in [2.75, 3.05) is 0 Å². The lowest BCUT2D eigenvalue weighted by Gasteiger charge is -2.07. The SMILES string of the molecule is Cc1noc(C)c1C(=O)NCc1nnc2cc(C(F)(F)F)ccn12. The Morgan fingerprint density at radius 1 is 1.33 bits per heavy atom. The summed E-state index contributed by atoms with van der Waals surface area (Å²) in [7, 11) is 0. The zero-order valence-corrected chi connectivity index (χ0v) is 12.7. The van der Waals surface area contributed by atoms with Crippen LogP contribution in [0.3, 0.4) is 0 Å². The van der Waals surface area contributed by atoms with Crippen molar-refractivity contribution in [2.24, 2.45) is 0 Å². The highest BCUT2D eigenvalue weighted by Gasteiger charge is 2.31. The fourth-order valence-electron chi connectivity index (χ4n) is 2.29. The van der Waals surface area contributed by atoms with Gasteiger partial charge in [-0.2, -0.15) is 13.2 Å². The third-order valence-corrected chi connectivity index (χ3v) is 3.48. The van der Waals surface area contributed by atoms with Crippen LogP contribution in [0.4, 0.5) is 13.2 Å². The summed E-state index contributed by atoms with van der Waals surface area (Å²) < 4.78 is 44.3. The van der Waals surface area contributed by atoms with E-state index in [1.54, 1.807) is 13.8 Å². The molecule has 0 unspecified atom stereocenters. The van der Waals surface area contributed by atoms with E-state index in [9.17, 15) is 18.0 Å². The van der Waals surface area contributed by atoms with E-state index in [0.717, 1.165) is 12.1 Å². The molecule has 0 aliphatic carbocycles. The first-order valence-corrected chi connectivity index (χ1v) is 6.89. The molecule has 126 valence electrons. The Morgan fingerprint density at radius 3 is 2.71 bits per heavy atom. The zero-order valence-electron chi connectivity index (χ0n) is 12.7. The quantitative estimate of drug-likeness (QED) is 0.791. The summed E-state index contributed by atoms with van der Waals surface area (Å²) in [6, 6.07) is 1.82. The minimum atomic E-state index is -4.45. The maximum atomic E-state index is 12.7. The van der Waals surface area contributed by atoms with Crippen LogP contribution in [0.15, 0.2) is 22.9 Å². The molecule has 0 aromatic carbocycles. The summed E-state index contributed by atoms with van der Waals surface area (Å²) in [5, 5.41) is 13.8. The van der Waals surface area contributed by atoms with Gasteiger partial charge in [0.25, 0.3) is 5.91 Å². The van der Waals surface area contributed by atoms with Gasteiger partial charge in [-0.3, -0.25) is 9.20 Å². The molecule has 10 heteroatoms. The second kappa shape index (κ2) is 5.62. The topological polar surface area (TPSA) is 85.3 Å². The van der Waals surface area contributed by atoms with E-state index in [0.29, 0.717) is 22.8 Å². The molecule has 0 bridgehead atoms. The van der Waals surface area contributed by atoms with Gasteiger partial charge in [0.2, 0.25) is 0 Å². The molecule has 1 N–H and O–H groups in total. The third kappa shape index (κ3) is 2.82. The summed E-state index contributed by atoms with van der Waals surface area (Å²) in [6.45, 7) is 3.24. The highest BCUT2D eigenvalue weighted by atomic mass is 19.4. The van der Waals surface area contributed by atoms with Gasteiger partial charge in [0.05, 0.1) is 17.8 Å². The highest BCUT2D eigenvalue weighted by molar-refractivity contribution is 5.95. The summed E-state index contributed by atoms with van der Waals surface area (Å²) in [5.41, 5.74) is 0.00854. The molecule has 7 nitrogen and oxygen atoms in total. The van der Waals surface area contributed by atoms with Crippen LogP contribution in [0, 0.1) is 13.8 Å². The lowest BCUT2D eigenvalue weighted by atomic mass is 10.2. The van der Waals surface area contributed by atoms with E-state index in [1.807, 2.05) is 0 Å². The molecule has 0 atom stereocenters. The molecule has 0 aliphatic heterocycles. The number of rotatable bonds is 3. The Labute approximate surface area is 133 Å². The monoisotopic (exact) mass is 339 g/mol. The van der Waals surface area contributed by atoms with Crippen LogP contribution in [0.1, 0.15) is 33.2 Å². The Bertz CT molecular complexity index is 893. The standard InChI is InChI=1S/C14H12F3N5O2/c1-7-12(8(2)24-21-7)13(23)18-6-11-20-19-10-5-9(14(15,16)17)3-4-22(10)11/h3-5H,6H2,1-2H3,(H,18,23). The molecule has 1 amide bonds. The van der Waals surface area contributed by atoms with Crippen LogP contribution in [-0.4, -0.2) is 25.7 Å². The van der Waals surface area contributed by atoms with Gasteiger partial charge in [-0.1, -0.05) is 5.16 Å². The molecule has 0 fully saturated rings. The predicted molar refractivity (Wildman–Crippen MR) is 75.1 cm³/mol. The molecule has 0 saturated carbocycles. The number of halogens is 3. The number of aromatic nitrogens is 4. The zero-order chi connectivity index (χ0) is 17.5. The summed E-state index contributed by atoms with van der Waals surface area (Å²) in [5.74, 6) is 0.277. The molecular weight excluding hydrogens is 327 g/mol. The Hall–Kier alpha value is -2.91. The fourth-order valence-corrected chi connectivity index (χ4v) is 2.29. The van der Waals surface area contributed by atoms with Crippen LogP contribution in [0.5, 0.6) is 0 Å². The van der Waals surface area contributed by atoms with E-state index in [1.165, 1.54) is 10.6 Å². The van der Waals surface area contributed by atoms with Gasteiger partial charge in [0.15, 0.2) is 11.5 Å². The maximum absolute atomic E-state index is 12.7. The number of fused-ring (bicyclic) bond motifs is 1. The van der Waals surface area contributed by atoms with E-state index in [-0.39, 0.29) is 12.2 Å². The third-order valence-electron chi connectivity index (χ3n) is 3.48. The van der Waals surface area contributed by atoms with Crippen LogP contribution in [-0.2, 0) is 12.7 Å². The average Bonchev–Trinajstić information content (AvgIpc) is 3.07. The lowest BCUT2D eigenvalue weighted by Crippen LogP contribution is -2.25. The predicted octanol–water partition coefficient (Wildman–Crippen LogP) is 2.28. The first kappa shape index (κ1) is 16.0. The molecule has 3 aromatic rings. The number of alkyl halides is 3. The van der Waals surface area contributed by atoms with Gasteiger partial charge >= 0.3 is 6.18 Å². The molecular formula is C14H12F3N5O2. The van der Waals surface area contributed by atoms with E-state index < -0.39 is 17.6 Å². The minimum Gasteiger partial charge on any atom is -0.361 e. The molecule has 0 spiro atoms. The van der Waals surface area contributed by atoms with Crippen LogP contribution < -0.4 is 5.32 Å². The van der Waals surface area contributed by atoms with Crippen LogP contribution in [0.25, 0.3) is 5.65 Å². The van der Waals surface area contributed by atoms with Crippen molar-refractivity contribution >= 4 is 11.6 Å². The molecule has 3 aromatic heterocycles. The van der Waals surface area contributed by atoms with Gasteiger partial charge < -0.3 is 9.84 Å². The van der Waals surface area contributed by atoms with Gasteiger partial charge in [-0.25, -0.2) is 0 Å².